The maximum absolute atomic E-state index is 12.3. The number of amides is 1. The highest BCUT2D eigenvalue weighted by atomic mass is 32.2. The van der Waals surface area contributed by atoms with Gasteiger partial charge in [-0.2, -0.15) is 0 Å². The summed E-state index contributed by atoms with van der Waals surface area (Å²) in [4.78, 5) is 12.3. The van der Waals surface area contributed by atoms with Crippen molar-refractivity contribution in [3.63, 3.8) is 0 Å². The number of carbonyl (C=O) groups excluding carboxylic acids is 1. The molecule has 7 heteroatoms. The molecule has 0 spiro atoms. The molecule has 0 atom stereocenters. The minimum atomic E-state index is -3.58. The van der Waals surface area contributed by atoms with Gasteiger partial charge in [-0.3, -0.25) is 9.10 Å². The largest absolute Gasteiger partial charge is 0.489 e. The molecule has 0 radical (unpaired) electrons. The van der Waals surface area contributed by atoms with Crippen LogP contribution < -0.4 is 14.4 Å². The molecule has 2 rings (SSSR count). The van der Waals surface area contributed by atoms with Crippen LogP contribution in [0.4, 0.5) is 11.4 Å². The number of hydrogen-bond acceptors (Lipinski definition) is 4. The molecule has 0 saturated carbocycles. The van der Waals surface area contributed by atoms with Gasteiger partial charge >= 0.3 is 0 Å². The Balaban J connectivity index is 2.14. The lowest BCUT2D eigenvalue weighted by Gasteiger charge is -2.25. The Labute approximate surface area is 161 Å². The Hall–Kier alpha value is -2.54. The number of para-hydroxylation sites is 2. The van der Waals surface area contributed by atoms with Gasteiger partial charge in [-0.05, 0) is 45.0 Å². The topological polar surface area (TPSA) is 75.7 Å². The molecule has 6 nitrogen and oxygen atoms in total. The van der Waals surface area contributed by atoms with Gasteiger partial charge in [-0.1, -0.05) is 29.8 Å². The second kappa shape index (κ2) is 8.90. The average molecular weight is 391 g/mol. The fourth-order valence-electron chi connectivity index (χ4n) is 2.55. The monoisotopic (exact) mass is 390 g/mol. The third-order valence-corrected chi connectivity index (χ3v) is 4.95. The normalized spacial score (nSPS) is 11.3. The summed E-state index contributed by atoms with van der Waals surface area (Å²) in [7, 11) is -3.58. The van der Waals surface area contributed by atoms with E-state index in [9.17, 15) is 13.2 Å². The molecule has 146 valence electrons. The minimum absolute atomic E-state index is 0.0228. The second-order valence-corrected chi connectivity index (χ2v) is 8.54. The summed E-state index contributed by atoms with van der Waals surface area (Å²) < 4.78 is 31.6. The van der Waals surface area contributed by atoms with Crippen LogP contribution in [0.1, 0.15) is 25.8 Å². The summed E-state index contributed by atoms with van der Waals surface area (Å²) in [5.41, 5.74) is 2.20. The van der Waals surface area contributed by atoms with Crippen molar-refractivity contribution in [3.05, 3.63) is 54.1 Å². The molecule has 0 fully saturated rings. The first kappa shape index (κ1) is 20.8. The number of anilines is 2. The number of rotatable bonds is 8. The number of ether oxygens (including phenoxy) is 1. The van der Waals surface area contributed by atoms with Gasteiger partial charge in [0.2, 0.25) is 15.9 Å². The molecule has 1 amide bonds. The minimum Gasteiger partial charge on any atom is -0.489 e. The van der Waals surface area contributed by atoms with Crippen molar-refractivity contribution in [3.8, 4) is 5.75 Å². The van der Waals surface area contributed by atoms with Crippen LogP contribution in [0.2, 0.25) is 0 Å². The molecule has 0 heterocycles. The summed E-state index contributed by atoms with van der Waals surface area (Å²) in [6, 6.07) is 14.4. The first-order valence-electron chi connectivity index (χ1n) is 8.76. The van der Waals surface area contributed by atoms with E-state index in [1.54, 1.807) is 24.3 Å². The molecule has 0 aliphatic rings. The van der Waals surface area contributed by atoms with Crippen LogP contribution in [0.5, 0.6) is 5.75 Å². The van der Waals surface area contributed by atoms with Crippen LogP contribution >= 0.6 is 0 Å². The Morgan fingerprint density at radius 1 is 1.11 bits per heavy atom. The van der Waals surface area contributed by atoms with Crippen LogP contribution in [-0.4, -0.2) is 33.2 Å². The van der Waals surface area contributed by atoms with E-state index >= 15 is 0 Å². The smallest absolute Gasteiger partial charge is 0.232 e. The molecular formula is C20H26N2O4S. The predicted molar refractivity (Wildman–Crippen MR) is 109 cm³/mol. The number of nitrogens with one attached hydrogen (secondary N) is 1. The zero-order valence-electron chi connectivity index (χ0n) is 16.1. The quantitative estimate of drug-likeness (QED) is 0.748. The van der Waals surface area contributed by atoms with Gasteiger partial charge < -0.3 is 10.1 Å². The SMILES string of the molecule is Cc1ccc(NC(=O)CCN(c2ccccc2OC(C)C)S(C)(=O)=O)cc1. The Morgan fingerprint density at radius 2 is 1.74 bits per heavy atom. The average Bonchev–Trinajstić information content (AvgIpc) is 2.57. The van der Waals surface area contributed by atoms with Crippen LogP contribution in [0.15, 0.2) is 48.5 Å². The van der Waals surface area contributed by atoms with Gasteiger partial charge in [0.05, 0.1) is 18.0 Å². The summed E-state index contributed by atoms with van der Waals surface area (Å²) >= 11 is 0. The Kier molecular flexibility index (Phi) is 6.85. The fourth-order valence-corrected chi connectivity index (χ4v) is 3.48. The molecule has 0 bridgehead atoms. The van der Waals surface area contributed by atoms with Gasteiger partial charge in [-0.25, -0.2) is 8.42 Å². The maximum atomic E-state index is 12.3. The fraction of sp³-hybridized carbons (Fsp3) is 0.350. The number of aryl methyl sites for hydroxylation is 1. The van der Waals surface area contributed by atoms with Crippen molar-refractivity contribution in [2.24, 2.45) is 0 Å². The van der Waals surface area contributed by atoms with Crippen molar-refractivity contribution in [2.75, 3.05) is 22.4 Å². The van der Waals surface area contributed by atoms with Gasteiger partial charge in [0, 0.05) is 18.7 Å². The lowest BCUT2D eigenvalue weighted by Crippen LogP contribution is -2.33. The van der Waals surface area contributed by atoms with E-state index in [0.29, 0.717) is 17.1 Å². The highest BCUT2D eigenvalue weighted by Gasteiger charge is 2.22. The molecule has 2 aromatic rings. The van der Waals surface area contributed by atoms with Gasteiger partial charge in [0.25, 0.3) is 0 Å². The lowest BCUT2D eigenvalue weighted by molar-refractivity contribution is -0.116. The van der Waals surface area contributed by atoms with Crippen molar-refractivity contribution < 1.29 is 17.9 Å². The zero-order valence-corrected chi connectivity index (χ0v) is 16.9. The second-order valence-electron chi connectivity index (χ2n) is 6.63. The molecule has 0 aliphatic carbocycles. The van der Waals surface area contributed by atoms with E-state index < -0.39 is 10.0 Å². The third-order valence-electron chi connectivity index (χ3n) is 3.77. The molecule has 0 saturated heterocycles. The van der Waals surface area contributed by atoms with E-state index in [0.717, 1.165) is 11.8 Å². The van der Waals surface area contributed by atoms with E-state index in [1.807, 2.05) is 45.0 Å². The van der Waals surface area contributed by atoms with Gasteiger partial charge in [0.1, 0.15) is 5.75 Å². The molecule has 1 N–H and O–H groups in total. The van der Waals surface area contributed by atoms with E-state index in [-0.39, 0.29) is 25.0 Å². The first-order valence-corrected chi connectivity index (χ1v) is 10.6. The number of hydrogen-bond donors (Lipinski definition) is 1. The summed E-state index contributed by atoms with van der Waals surface area (Å²) in [5.74, 6) is 0.214. The van der Waals surface area contributed by atoms with Crippen molar-refractivity contribution >= 4 is 27.3 Å². The summed E-state index contributed by atoms with van der Waals surface area (Å²) in [6.07, 6.45) is 1.05. The van der Waals surface area contributed by atoms with Crippen molar-refractivity contribution in [2.45, 2.75) is 33.3 Å². The Morgan fingerprint density at radius 3 is 2.33 bits per heavy atom. The van der Waals surface area contributed by atoms with Crippen molar-refractivity contribution in [1.82, 2.24) is 0 Å². The molecule has 27 heavy (non-hydrogen) atoms. The first-order chi connectivity index (χ1) is 12.7. The highest BCUT2D eigenvalue weighted by Crippen LogP contribution is 2.30. The zero-order chi connectivity index (χ0) is 20.0. The van der Waals surface area contributed by atoms with E-state index in [4.69, 9.17) is 4.74 Å². The number of benzene rings is 2. The van der Waals surface area contributed by atoms with E-state index in [2.05, 4.69) is 5.32 Å². The molecule has 2 aromatic carbocycles. The third kappa shape index (κ3) is 6.29. The van der Waals surface area contributed by atoms with Gasteiger partial charge in [-0.15, -0.1) is 0 Å². The summed E-state index contributed by atoms with van der Waals surface area (Å²) in [6.45, 7) is 5.73. The van der Waals surface area contributed by atoms with E-state index in [1.165, 1.54) is 4.31 Å². The summed E-state index contributed by atoms with van der Waals surface area (Å²) in [5, 5.41) is 2.78. The number of nitrogens with zero attached hydrogens (tertiary/aromatic N) is 1. The predicted octanol–water partition coefficient (Wildman–Crippen LogP) is 3.58. The van der Waals surface area contributed by atoms with Crippen LogP contribution in [0.25, 0.3) is 0 Å². The molecule has 0 aromatic heterocycles. The Bertz CT molecular complexity index is 877. The molecular weight excluding hydrogens is 364 g/mol. The number of carbonyl (C=O) groups is 1. The maximum Gasteiger partial charge on any atom is 0.232 e. The van der Waals surface area contributed by atoms with Crippen LogP contribution in [0, 0.1) is 6.92 Å². The lowest BCUT2D eigenvalue weighted by atomic mass is 10.2. The molecule has 0 aliphatic heterocycles. The van der Waals surface area contributed by atoms with Crippen LogP contribution in [-0.2, 0) is 14.8 Å². The van der Waals surface area contributed by atoms with Crippen molar-refractivity contribution in [1.29, 1.82) is 0 Å². The molecule has 0 unspecified atom stereocenters. The standard InChI is InChI=1S/C20H26N2O4S/c1-15(2)26-19-8-6-5-7-18(19)22(27(4,24)25)14-13-20(23)21-17-11-9-16(3)10-12-17/h5-12,15H,13-14H2,1-4H3,(H,21,23). The van der Waals surface area contributed by atoms with Crippen LogP contribution in [0.3, 0.4) is 0 Å². The highest BCUT2D eigenvalue weighted by molar-refractivity contribution is 7.92. The van der Waals surface area contributed by atoms with Gasteiger partial charge in [0.15, 0.2) is 0 Å². The number of sulfonamides is 1.